The van der Waals surface area contributed by atoms with Crippen molar-refractivity contribution in [1.29, 1.82) is 0 Å². The molecule has 1 saturated heterocycles. The van der Waals surface area contributed by atoms with Gasteiger partial charge in [-0.3, -0.25) is 38.4 Å². The number of hydrogen-bond donors (Lipinski definition) is 8. The van der Waals surface area contributed by atoms with E-state index in [1.165, 1.54) is 44.3 Å². The van der Waals surface area contributed by atoms with Crippen molar-refractivity contribution in [1.82, 2.24) is 61.1 Å². The Bertz CT molecular complexity index is 4510. The highest BCUT2D eigenvalue weighted by molar-refractivity contribution is 7.15. The minimum Gasteiger partial charge on any atom is -0.484 e. The smallest absolute Gasteiger partial charge is 0.306 e. The number of hydrogen-bond acceptors (Lipinski definition) is 26. The number of aryl methyl sites for hydroxylation is 1. The summed E-state index contributed by atoms with van der Waals surface area (Å²) in [4.78, 5) is 146. The van der Waals surface area contributed by atoms with Gasteiger partial charge in [0.05, 0.1) is 67.2 Å². The SMILES string of the molecule is COCCOCCNC(=O)COc1ccc(C[C@@H]2NC(=O)c3csc(n3)[C@H]([C@H](O)c3ccccc3)CC(=O)c3nc(sc3C)[C@H](CC(N)=O)NC(=O)c3csc(n3)-c3ccc(-c4nc(C(=O)NC5CCC(C(=O)O)CC5)cs4)nc3-c3csc(n3)-c3csc(n3)[C@@H]3[C@@H](C)[C@@H](O)CN3C2=O)cc1. The number of nitrogens with zero attached hydrogens (tertiary/aromatic N) is 8. The molecule has 9 aromatic rings. The van der Waals surface area contributed by atoms with E-state index in [9.17, 15) is 48.9 Å². The Morgan fingerprint density at radius 1 is 0.713 bits per heavy atom. The minimum atomic E-state index is -1.33. The van der Waals surface area contributed by atoms with Crippen molar-refractivity contribution >= 4 is 115 Å². The third-order valence-corrected chi connectivity index (χ3v) is 23.1. The molecule has 2 aliphatic heterocycles. The number of thiazole rings is 6. The Balaban J connectivity index is 0.898. The molecule has 1 aliphatic carbocycles. The van der Waals surface area contributed by atoms with Crippen LogP contribution in [0, 0.1) is 18.8 Å². The summed E-state index contributed by atoms with van der Waals surface area (Å²) in [5, 5.41) is 55.3. The highest BCUT2D eigenvalue weighted by atomic mass is 32.1. The van der Waals surface area contributed by atoms with Crippen molar-refractivity contribution < 1.29 is 67.9 Å². The molecular weight excluding hydrogens is 1420 g/mol. The zero-order valence-electron chi connectivity index (χ0n) is 54.6. The highest BCUT2D eigenvalue weighted by Gasteiger charge is 2.46. The van der Waals surface area contributed by atoms with Gasteiger partial charge in [0, 0.05) is 88.3 Å². The topological polar surface area (TPSA) is 393 Å². The lowest BCUT2D eigenvalue weighted by Gasteiger charge is -2.29. The second-order valence-corrected chi connectivity index (χ2v) is 30.0. The number of fused-ring (bicyclic) bond motifs is 16. The molecule has 7 atom stereocenters. The zero-order chi connectivity index (χ0) is 71.0. The third-order valence-electron chi connectivity index (χ3n) is 17.5. The number of benzene rings is 2. The van der Waals surface area contributed by atoms with Crippen molar-refractivity contribution in [3.8, 4) is 49.1 Å². The lowest BCUT2D eigenvalue weighted by atomic mass is 9.86. The lowest BCUT2D eigenvalue weighted by Crippen LogP contribution is -2.50. The molecule has 7 aromatic heterocycles. The largest absolute Gasteiger partial charge is 0.484 e. The quantitative estimate of drug-likeness (QED) is 0.0355. The molecule has 33 heteroatoms. The number of carbonyl (C=O) groups is 8. The van der Waals surface area contributed by atoms with Gasteiger partial charge in [-0.1, -0.05) is 49.4 Å². The molecule has 1 saturated carbocycles. The molecule has 9 heterocycles. The number of methoxy groups -OCH3 is 1. The molecule has 3 aliphatic rings. The van der Waals surface area contributed by atoms with Crippen molar-refractivity contribution in [2.45, 2.75) is 101 Å². The average molecular weight is 1480 g/mol. The molecule has 2 fully saturated rings. The number of Topliss-reactive ketones (excluding diaryl/α,β-unsaturated/α-hetero) is 1. The fraction of sp³-hybridized carbons (Fsp3) is 0.368. The number of pyridine rings is 1. The number of carboxylic acids is 1. The van der Waals surface area contributed by atoms with Crippen LogP contribution in [0.5, 0.6) is 5.75 Å². The molecule has 526 valence electrons. The van der Waals surface area contributed by atoms with E-state index in [-0.39, 0.29) is 83.9 Å². The van der Waals surface area contributed by atoms with E-state index < -0.39 is 95.8 Å². The summed E-state index contributed by atoms with van der Waals surface area (Å²) in [7, 11) is 1.57. The maximum Gasteiger partial charge on any atom is 0.306 e. The Hall–Kier alpha value is -9.03. The first-order chi connectivity index (χ1) is 48.7. The second-order valence-electron chi connectivity index (χ2n) is 24.4. The molecule has 12 rings (SSSR count). The normalized spacial score (nSPS) is 20.7. The van der Waals surface area contributed by atoms with Crippen LogP contribution < -0.4 is 31.7 Å². The molecule has 101 heavy (non-hydrogen) atoms. The monoisotopic (exact) mass is 1480 g/mol. The van der Waals surface area contributed by atoms with Crippen LogP contribution in [-0.4, -0.2) is 167 Å². The van der Waals surface area contributed by atoms with Crippen LogP contribution in [0.15, 0.2) is 93.6 Å². The van der Waals surface area contributed by atoms with Gasteiger partial charge in [-0.25, -0.2) is 34.9 Å². The molecule has 27 nitrogen and oxygen atoms in total. The van der Waals surface area contributed by atoms with Gasteiger partial charge in [-0.05, 0) is 68.0 Å². The van der Waals surface area contributed by atoms with Crippen LogP contribution in [-0.2, 0) is 35.1 Å². The number of nitrogens with one attached hydrogen (secondary N) is 4. The molecule has 10 bridgehead atoms. The summed E-state index contributed by atoms with van der Waals surface area (Å²) < 4.78 is 16.2. The number of carbonyl (C=O) groups excluding carboxylic acids is 7. The van der Waals surface area contributed by atoms with Crippen LogP contribution in [0.4, 0.5) is 0 Å². The van der Waals surface area contributed by atoms with Crippen molar-refractivity contribution in [3.05, 3.63) is 147 Å². The van der Waals surface area contributed by atoms with Gasteiger partial charge in [-0.2, -0.15) is 0 Å². The average Bonchev–Trinajstić information content (AvgIpc) is 1.53. The van der Waals surface area contributed by atoms with E-state index in [4.69, 9.17) is 49.8 Å². The number of nitrogens with two attached hydrogens (primary N) is 1. The number of amides is 6. The number of primary amides is 1. The number of aliphatic hydroxyl groups excluding tert-OH is 2. The van der Waals surface area contributed by atoms with Crippen LogP contribution >= 0.6 is 68.0 Å². The number of ether oxygens (including phenoxy) is 3. The van der Waals surface area contributed by atoms with Crippen LogP contribution in [0.1, 0.15) is 143 Å². The van der Waals surface area contributed by atoms with Gasteiger partial charge in [0.2, 0.25) is 11.8 Å². The molecule has 0 radical (unpaired) electrons. The van der Waals surface area contributed by atoms with Gasteiger partial charge < -0.3 is 61.4 Å². The highest BCUT2D eigenvalue weighted by Crippen LogP contribution is 2.44. The molecular formula is C68H69N13O14S6. The second kappa shape index (κ2) is 32.3. The van der Waals surface area contributed by atoms with Crippen LogP contribution in [0.25, 0.3) is 43.4 Å². The number of aliphatic carboxylic acids is 1. The fourth-order valence-corrected chi connectivity index (χ4v) is 17.5. The summed E-state index contributed by atoms with van der Waals surface area (Å²) in [6.45, 7) is 4.44. The maximum atomic E-state index is 15.5. The van der Waals surface area contributed by atoms with Crippen molar-refractivity contribution in [2.24, 2.45) is 17.6 Å². The first-order valence-electron chi connectivity index (χ1n) is 32.3. The Morgan fingerprint density at radius 3 is 2.14 bits per heavy atom. The number of carboxylic acid groups (broad SMARTS) is 1. The number of ketones is 1. The van der Waals surface area contributed by atoms with Gasteiger partial charge >= 0.3 is 5.97 Å². The Labute approximate surface area is 602 Å². The van der Waals surface area contributed by atoms with E-state index in [1.807, 2.05) is 6.92 Å². The Kier molecular flexibility index (Phi) is 23.0. The Morgan fingerprint density at radius 2 is 1.39 bits per heavy atom. The van der Waals surface area contributed by atoms with Gasteiger partial charge in [0.1, 0.15) is 76.7 Å². The van der Waals surface area contributed by atoms with E-state index in [2.05, 4.69) is 26.3 Å². The zero-order valence-corrected chi connectivity index (χ0v) is 59.5. The van der Waals surface area contributed by atoms with Crippen LogP contribution in [0.2, 0.25) is 0 Å². The van der Waals surface area contributed by atoms with Gasteiger partial charge in [0.15, 0.2) is 12.4 Å². The first kappa shape index (κ1) is 71.8. The minimum absolute atomic E-state index is 0.00608. The van der Waals surface area contributed by atoms with E-state index >= 15 is 4.79 Å². The number of aromatic nitrogens is 7. The van der Waals surface area contributed by atoms with E-state index in [0.29, 0.717) is 109 Å². The van der Waals surface area contributed by atoms with Crippen LogP contribution in [0.3, 0.4) is 0 Å². The van der Waals surface area contributed by atoms with Gasteiger partial charge in [0.25, 0.3) is 23.6 Å². The van der Waals surface area contributed by atoms with Gasteiger partial charge in [-0.15, -0.1) is 68.0 Å². The molecule has 0 spiro atoms. The fourth-order valence-electron chi connectivity index (χ4n) is 12.1. The molecule has 2 aromatic carbocycles. The van der Waals surface area contributed by atoms with E-state index in [1.54, 1.807) is 102 Å². The van der Waals surface area contributed by atoms with Crippen molar-refractivity contribution in [2.75, 3.05) is 46.6 Å². The molecule has 0 unspecified atom stereocenters. The predicted octanol–water partition coefficient (Wildman–Crippen LogP) is 8.00. The third kappa shape index (κ3) is 17.0. The predicted molar refractivity (Wildman–Crippen MR) is 378 cm³/mol. The maximum absolute atomic E-state index is 15.5. The summed E-state index contributed by atoms with van der Waals surface area (Å²) >= 11 is 6.96. The summed E-state index contributed by atoms with van der Waals surface area (Å²) in [5.74, 6) is -6.60. The summed E-state index contributed by atoms with van der Waals surface area (Å²) in [5.41, 5.74) is 8.88. The summed E-state index contributed by atoms with van der Waals surface area (Å²) in [6, 6.07) is 15.4. The number of aliphatic hydroxyl groups is 2. The molecule has 6 amide bonds. The number of rotatable bonds is 19. The first-order valence-corrected chi connectivity index (χ1v) is 37.5. The van der Waals surface area contributed by atoms with Crippen molar-refractivity contribution in [3.63, 3.8) is 0 Å². The summed E-state index contributed by atoms with van der Waals surface area (Å²) in [6.07, 6.45) is -1.25. The lowest BCUT2D eigenvalue weighted by molar-refractivity contribution is -0.143. The van der Waals surface area contributed by atoms with E-state index in [0.717, 1.165) is 34.0 Å². The molecule has 9 N–H and O–H groups in total. The standard InChI is InChI=1S/C68H69N13O14S6/c1-33-51(83)26-81-56(33)66-79-49(32-100-66)64-75-45(28-98-64)55-40(17-18-42(72-55)63-78-46(31-99-63)58(87)71-38-13-11-37(12-14-38)68(91)92)61-76-47(29-96-61)59(88)73-43(25-52(69)84)65-80-54(34(2)101-65)50(82)24-41(57(86)36-7-5-4-6-8-36)62-77-48(30-97-62)60(89)74-44(67(81)90)23-35-9-15-39(16-10-35)95-27-53(85)70-19-20-94-22-21-93-3/h4-10,15-18,28-33,37-38,41,43-44,51,56-57,83,86H,11-14,19-27H2,1-3H3,(H2,69,84)(H,70,85)(H,71,87)(H,73,88)(H,74,89)(H,91,92)/t33-,37?,38?,41-,43-,44-,51-,56-,57+/m0/s1.